The Morgan fingerprint density at radius 3 is 2.57 bits per heavy atom. The van der Waals surface area contributed by atoms with Gasteiger partial charge in [0, 0.05) is 9.89 Å². The predicted octanol–water partition coefficient (Wildman–Crippen LogP) is 2.17. The maximum absolute atomic E-state index is 10.1. The third-order valence-electron chi connectivity index (χ3n) is 2.84. The minimum atomic E-state index is -0.682. The van der Waals surface area contributed by atoms with Crippen molar-refractivity contribution in [1.82, 2.24) is 20.2 Å². The predicted molar refractivity (Wildman–Crippen MR) is 82.2 cm³/mol. The number of tetrazole rings is 1. The molecule has 1 atom stereocenters. The minimum Gasteiger partial charge on any atom is -0.491 e. The monoisotopic (exact) mass is 354 g/mol. The fourth-order valence-electron chi connectivity index (χ4n) is 1.84. The van der Waals surface area contributed by atoms with Gasteiger partial charge in [0.25, 0.3) is 0 Å². The Labute approximate surface area is 132 Å². The number of hydrogen-bond acceptors (Lipinski definition) is 5. The van der Waals surface area contributed by atoms with Crippen molar-refractivity contribution in [1.29, 1.82) is 0 Å². The normalized spacial score (nSPS) is 13.2. The summed E-state index contributed by atoms with van der Waals surface area (Å²) in [7, 11) is 0. The first kappa shape index (κ1) is 15.9. The SMILES string of the molecule is CC(C)(C)c1nnnn1CC(O)COc1ccc(Br)cc1. The van der Waals surface area contributed by atoms with E-state index in [4.69, 9.17) is 4.74 Å². The van der Waals surface area contributed by atoms with Gasteiger partial charge in [0.05, 0.1) is 6.54 Å². The van der Waals surface area contributed by atoms with Crippen LogP contribution >= 0.6 is 15.9 Å². The maximum Gasteiger partial charge on any atom is 0.156 e. The second-order valence-electron chi connectivity index (χ2n) is 5.85. The van der Waals surface area contributed by atoms with Gasteiger partial charge in [-0.1, -0.05) is 36.7 Å². The average molecular weight is 355 g/mol. The van der Waals surface area contributed by atoms with Gasteiger partial charge in [-0.25, -0.2) is 4.68 Å². The summed E-state index contributed by atoms with van der Waals surface area (Å²) >= 11 is 3.36. The van der Waals surface area contributed by atoms with Crippen molar-refractivity contribution in [3.8, 4) is 5.75 Å². The van der Waals surface area contributed by atoms with Crippen LogP contribution in [0.25, 0.3) is 0 Å². The van der Waals surface area contributed by atoms with Gasteiger partial charge in [0.2, 0.25) is 0 Å². The first-order valence-electron chi connectivity index (χ1n) is 6.69. The molecular formula is C14H19BrN4O2. The maximum atomic E-state index is 10.1. The Morgan fingerprint density at radius 1 is 1.29 bits per heavy atom. The summed E-state index contributed by atoms with van der Waals surface area (Å²) in [6, 6.07) is 7.46. The van der Waals surface area contributed by atoms with Crippen molar-refractivity contribution in [3.05, 3.63) is 34.6 Å². The van der Waals surface area contributed by atoms with Crippen LogP contribution in [0.3, 0.4) is 0 Å². The standard InChI is InChI=1S/C14H19BrN4O2/c1-14(2,3)13-16-17-18-19(13)8-11(20)9-21-12-6-4-10(15)5-7-12/h4-7,11,20H,8-9H2,1-3H3. The zero-order valence-electron chi connectivity index (χ0n) is 12.3. The molecule has 0 fully saturated rings. The van der Waals surface area contributed by atoms with E-state index < -0.39 is 6.10 Å². The Hall–Kier alpha value is -1.47. The largest absolute Gasteiger partial charge is 0.491 e. The van der Waals surface area contributed by atoms with Crippen molar-refractivity contribution in [2.75, 3.05) is 6.61 Å². The number of hydrogen-bond donors (Lipinski definition) is 1. The summed E-state index contributed by atoms with van der Waals surface area (Å²) in [5.74, 6) is 1.45. The van der Waals surface area contributed by atoms with Crippen LogP contribution in [0.2, 0.25) is 0 Å². The smallest absolute Gasteiger partial charge is 0.156 e. The molecule has 0 aliphatic carbocycles. The lowest BCUT2D eigenvalue weighted by atomic mass is 9.96. The van der Waals surface area contributed by atoms with Crippen LogP contribution in [0.5, 0.6) is 5.75 Å². The molecule has 114 valence electrons. The number of rotatable bonds is 5. The zero-order valence-corrected chi connectivity index (χ0v) is 13.9. The lowest BCUT2D eigenvalue weighted by molar-refractivity contribution is 0.0871. The van der Waals surface area contributed by atoms with Crippen molar-refractivity contribution < 1.29 is 9.84 Å². The molecule has 21 heavy (non-hydrogen) atoms. The molecule has 1 aromatic carbocycles. The van der Waals surface area contributed by atoms with Crippen LogP contribution in [0.15, 0.2) is 28.7 Å². The highest BCUT2D eigenvalue weighted by atomic mass is 79.9. The second kappa shape index (κ2) is 6.53. The molecule has 6 nitrogen and oxygen atoms in total. The first-order valence-corrected chi connectivity index (χ1v) is 7.48. The third kappa shape index (κ3) is 4.50. The van der Waals surface area contributed by atoms with E-state index in [1.54, 1.807) is 4.68 Å². The highest BCUT2D eigenvalue weighted by Crippen LogP contribution is 2.19. The molecule has 0 saturated heterocycles. The van der Waals surface area contributed by atoms with Crippen molar-refractivity contribution >= 4 is 15.9 Å². The van der Waals surface area contributed by atoms with E-state index in [-0.39, 0.29) is 12.0 Å². The van der Waals surface area contributed by atoms with Crippen LogP contribution in [-0.2, 0) is 12.0 Å². The van der Waals surface area contributed by atoms with Gasteiger partial charge in [-0.3, -0.25) is 0 Å². The Bertz CT molecular complexity index is 577. The quantitative estimate of drug-likeness (QED) is 0.890. The lowest BCUT2D eigenvalue weighted by Gasteiger charge is -2.19. The average Bonchev–Trinajstić information content (AvgIpc) is 2.86. The van der Waals surface area contributed by atoms with E-state index in [0.29, 0.717) is 12.3 Å². The molecule has 2 rings (SSSR count). The summed E-state index contributed by atoms with van der Waals surface area (Å²) in [5.41, 5.74) is -0.171. The molecule has 1 aromatic heterocycles. The van der Waals surface area contributed by atoms with Crippen LogP contribution < -0.4 is 4.74 Å². The van der Waals surface area contributed by atoms with Gasteiger partial charge in [0.1, 0.15) is 18.5 Å². The summed E-state index contributed by atoms with van der Waals surface area (Å²) < 4.78 is 8.15. The molecule has 1 heterocycles. The van der Waals surface area contributed by atoms with E-state index in [2.05, 4.69) is 31.5 Å². The summed E-state index contributed by atoms with van der Waals surface area (Å²) in [6.07, 6.45) is -0.682. The van der Waals surface area contributed by atoms with E-state index in [0.717, 1.165) is 10.3 Å². The van der Waals surface area contributed by atoms with Gasteiger partial charge in [0.15, 0.2) is 5.82 Å². The van der Waals surface area contributed by atoms with Gasteiger partial charge in [-0.2, -0.15) is 0 Å². The van der Waals surface area contributed by atoms with Crippen molar-refractivity contribution in [2.45, 2.75) is 38.8 Å². The number of halogens is 1. The fourth-order valence-corrected chi connectivity index (χ4v) is 2.10. The number of aliphatic hydroxyl groups excluding tert-OH is 1. The first-order chi connectivity index (χ1) is 9.86. The second-order valence-corrected chi connectivity index (χ2v) is 6.77. The number of ether oxygens (including phenoxy) is 1. The number of aliphatic hydroxyl groups is 1. The molecule has 1 N–H and O–H groups in total. The van der Waals surface area contributed by atoms with E-state index >= 15 is 0 Å². The van der Waals surface area contributed by atoms with Crippen molar-refractivity contribution in [3.63, 3.8) is 0 Å². The lowest BCUT2D eigenvalue weighted by Crippen LogP contribution is -2.28. The molecule has 0 aliphatic rings. The number of aromatic nitrogens is 4. The number of nitrogens with zero attached hydrogens (tertiary/aromatic N) is 4. The molecule has 0 aliphatic heterocycles. The van der Waals surface area contributed by atoms with E-state index in [1.807, 2.05) is 45.0 Å². The summed E-state index contributed by atoms with van der Waals surface area (Å²) in [5, 5.41) is 21.7. The van der Waals surface area contributed by atoms with E-state index in [9.17, 15) is 5.11 Å². The molecule has 0 amide bonds. The Morgan fingerprint density at radius 2 is 1.95 bits per heavy atom. The molecule has 1 unspecified atom stereocenters. The molecule has 0 radical (unpaired) electrons. The highest BCUT2D eigenvalue weighted by molar-refractivity contribution is 9.10. The van der Waals surface area contributed by atoms with Crippen LogP contribution in [0.4, 0.5) is 0 Å². The molecular weight excluding hydrogens is 336 g/mol. The Kier molecular flexibility index (Phi) is 4.95. The third-order valence-corrected chi connectivity index (χ3v) is 3.37. The van der Waals surface area contributed by atoms with Gasteiger partial charge < -0.3 is 9.84 Å². The molecule has 0 saturated carbocycles. The van der Waals surface area contributed by atoms with Crippen molar-refractivity contribution in [2.24, 2.45) is 0 Å². The van der Waals surface area contributed by atoms with Crippen LogP contribution in [0.1, 0.15) is 26.6 Å². The van der Waals surface area contributed by atoms with Gasteiger partial charge in [-0.05, 0) is 34.7 Å². The molecule has 2 aromatic rings. The van der Waals surface area contributed by atoms with E-state index in [1.165, 1.54) is 0 Å². The van der Waals surface area contributed by atoms with Crippen LogP contribution in [0, 0.1) is 0 Å². The zero-order chi connectivity index (χ0) is 15.5. The van der Waals surface area contributed by atoms with Crippen LogP contribution in [-0.4, -0.2) is 38.0 Å². The summed E-state index contributed by atoms with van der Waals surface area (Å²) in [6.45, 7) is 6.57. The highest BCUT2D eigenvalue weighted by Gasteiger charge is 2.23. The fraction of sp³-hybridized carbons (Fsp3) is 0.500. The molecule has 7 heteroatoms. The molecule has 0 bridgehead atoms. The Balaban J connectivity index is 1.92. The topological polar surface area (TPSA) is 73.1 Å². The molecule has 0 spiro atoms. The minimum absolute atomic E-state index is 0.171. The van der Waals surface area contributed by atoms with Gasteiger partial charge >= 0.3 is 0 Å². The number of benzene rings is 1. The van der Waals surface area contributed by atoms with Gasteiger partial charge in [-0.15, -0.1) is 5.10 Å². The summed E-state index contributed by atoms with van der Waals surface area (Å²) in [4.78, 5) is 0.